The molecule has 0 aromatic rings. The molecule has 0 bridgehead atoms. The second kappa shape index (κ2) is 76.0. The van der Waals surface area contributed by atoms with Gasteiger partial charge in [-0.05, 0) is 0 Å². The Morgan fingerprint density at radius 1 is 0.500 bits per heavy atom. The van der Waals surface area contributed by atoms with E-state index < -0.39 is 13.4 Å². The number of rotatable bonds is 0. The molecule has 0 aliphatic carbocycles. The normalized spacial score (nSPS) is 3.62. The first-order chi connectivity index (χ1) is 2.00. The van der Waals surface area contributed by atoms with Gasteiger partial charge in [0.15, 0.2) is 0 Å². The summed E-state index contributed by atoms with van der Waals surface area (Å²) in [5, 5.41) is 0. The van der Waals surface area contributed by atoms with Crippen LogP contribution in [-0.2, 0) is 7.67 Å². The van der Waals surface area contributed by atoms with Gasteiger partial charge in [0.05, 0.1) is 0 Å². The fraction of sp³-hybridized carbons (Fsp3) is 0. The third kappa shape index (κ3) is 6660. The minimum atomic E-state index is -5.25. The van der Waals surface area contributed by atoms with Gasteiger partial charge in [-0.1, -0.05) is 0 Å². The van der Waals surface area contributed by atoms with Crippen LogP contribution in [0.5, 0.6) is 0 Å². The molecule has 0 unspecified atom stereocenters. The van der Waals surface area contributed by atoms with Crippen LogP contribution in [0.3, 0.4) is 0 Å². The fourth-order valence-electron chi connectivity index (χ4n) is 0. The molecule has 114 valence electrons. The molecule has 0 fully saturated rings. The Kier molecular flexibility index (Phi) is 899. The molecule has 0 aliphatic heterocycles. The molecule has 16 heavy (non-hydrogen) atoms. The summed E-state index contributed by atoms with van der Waals surface area (Å²) >= 11 is -5.25. The Balaban J connectivity index is -0.00000000145. The molecule has 0 saturated carbocycles. The molecule has 0 rings (SSSR count). The molecule has 0 amide bonds. The van der Waals surface area contributed by atoms with Gasteiger partial charge in [-0.25, -0.2) is 0 Å². The van der Waals surface area contributed by atoms with E-state index in [1.54, 1.807) is 0 Å². The maximum absolute atomic E-state index is 8.82. The first-order valence-electron chi connectivity index (χ1n) is 0.698. The predicted molar refractivity (Wildman–Crippen MR) is 54.9 cm³/mol. The Labute approximate surface area is 114 Å². The van der Waals surface area contributed by atoms with Crippen molar-refractivity contribution in [3.8, 4) is 0 Å². The molecule has 0 saturated heterocycles. The molecule has 14 nitrogen and oxygen atoms in total. The van der Waals surface area contributed by atoms with Crippen molar-refractivity contribution >= 4 is 42.9 Å². The summed E-state index contributed by atoms with van der Waals surface area (Å²) in [6.45, 7) is 0. The topological polar surface area (TPSA) is 390 Å². The summed E-state index contributed by atoms with van der Waals surface area (Å²) in [5.74, 6) is 0. The zero-order chi connectivity index (χ0) is 4.50. The summed E-state index contributed by atoms with van der Waals surface area (Å²) in [6, 6.07) is 0. The van der Waals surface area contributed by atoms with Crippen LogP contribution in [0, 0.1) is 0 Å². The van der Waals surface area contributed by atoms with Gasteiger partial charge < -0.3 is 54.8 Å². The summed E-state index contributed by atoms with van der Waals surface area (Å²) in [4.78, 5) is 0. The molecule has 0 aliphatic rings. The van der Waals surface area contributed by atoms with Crippen molar-refractivity contribution < 1.29 is 70.8 Å². The van der Waals surface area contributed by atoms with Gasteiger partial charge in [-0.2, -0.15) is 0 Å². The molecular formula is H23NaO14Se. The van der Waals surface area contributed by atoms with Crippen molar-refractivity contribution in [3.63, 3.8) is 0 Å². The predicted octanol–water partition coefficient (Wildman–Crippen LogP) is -10.6. The molecular weight excluding hydrogens is 326 g/mol. The van der Waals surface area contributed by atoms with E-state index in [-0.39, 0.29) is 84.3 Å². The quantitative estimate of drug-likeness (QED) is 0.401. The van der Waals surface area contributed by atoms with Gasteiger partial charge in [0, 0.05) is 0 Å². The first kappa shape index (κ1) is 189. The van der Waals surface area contributed by atoms with Crippen molar-refractivity contribution in [2.45, 2.75) is 0 Å². The summed E-state index contributed by atoms with van der Waals surface area (Å²) in [6.07, 6.45) is 0. The van der Waals surface area contributed by atoms with E-state index >= 15 is 0 Å². The van der Waals surface area contributed by atoms with E-state index in [4.69, 9.17) is 16.0 Å². The molecule has 22 N–H and O–H groups in total. The average molecular weight is 349 g/mol. The molecule has 0 aromatic heterocycles. The molecule has 0 radical (unpaired) electrons. The Morgan fingerprint density at radius 3 is 0.500 bits per heavy atom. The van der Waals surface area contributed by atoms with Gasteiger partial charge in [-0.3, -0.25) is 0 Å². The van der Waals surface area contributed by atoms with E-state index in [1.165, 1.54) is 0 Å². The van der Waals surface area contributed by atoms with Gasteiger partial charge >= 0.3 is 59.0 Å². The molecule has 0 aromatic carbocycles. The van der Waals surface area contributed by atoms with Crippen molar-refractivity contribution in [1.29, 1.82) is 0 Å². The zero-order valence-electron chi connectivity index (χ0n) is 7.12. The van der Waals surface area contributed by atoms with E-state index in [9.17, 15) is 0 Å². The van der Waals surface area contributed by atoms with Crippen LogP contribution in [0.2, 0.25) is 0 Å². The number of hydrogen-bond donors (Lipinski definition) is 2. The van der Waals surface area contributed by atoms with Crippen molar-refractivity contribution in [3.05, 3.63) is 0 Å². The first-order valence-corrected chi connectivity index (χ1v) is 3.63. The molecule has 0 atom stereocenters. The summed E-state index contributed by atoms with van der Waals surface area (Å²) < 4.78 is 31.9. The zero-order valence-corrected chi connectivity index (χ0v) is 8.83. The van der Waals surface area contributed by atoms with Crippen molar-refractivity contribution in [2.24, 2.45) is 0 Å². The Morgan fingerprint density at radius 2 is 0.500 bits per heavy atom. The van der Waals surface area contributed by atoms with Gasteiger partial charge in [0.1, 0.15) is 0 Å². The summed E-state index contributed by atoms with van der Waals surface area (Å²) in [5.41, 5.74) is 0. The number of hydrogen-bond acceptors (Lipinski definition) is 2. The monoisotopic (exact) mass is 350 g/mol. The third-order valence-electron chi connectivity index (χ3n) is 0. The van der Waals surface area contributed by atoms with Crippen LogP contribution in [-0.4, -0.2) is 106 Å². The molecule has 0 heterocycles. The molecule has 0 spiro atoms. The second-order valence-corrected chi connectivity index (χ2v) is 2.33. The van der Waals surface area contributed by atoms with E-state index in [0.29, 0.717) is 0 Å². The van der Waals surface area contributed by atoms with Gasteiger partial charge in [0.25, 0.3) is 0 Å². The van der Waals surface area contributed by atoms with Crippen molar-refractivity contribution in [2.75, 3.05) is 0 Å². The Bertz CT molecular complexity index is 93.9. The van der Waals surface area contributed by atoms with E-state index in [0.717, 1.165) is 0 Å². The van der Waals surface area contributed by atoms with E-state index in [1.807, 2.05) is 0 Å². The Hall–Kier alpha value is 0.639. The van der Waals surface area contributed by atoms with Crippen LogP contribution in [0.4, 0.5) is 0 Å². The van der Waals surface area contributed by atoms with Crippen LogP contribution >= 0.6 is 0 Å². The SMILES string of the molecule is O.O.O.O.O.O.O.O.O.O.O=[Se](=O)(O)O.[NaH]. The van der Waals surface area contributed by atoms with Gasteiger partial charge in [0.2, 0.25) is 0 Å². The van der Waals surface area contributed by atoms with Gasteiger partial charge in [-0.15, -0.1) is 0 Å². The maximum atomic E-state index is 8.82. The van der Waals surface area contributed by atoms with Crippen LogP contribution in [0.25, 0.3) is 0 Å². The van der Waals surface area contributed by atoms with Crippen molar-refractivity contribution in [1.82, 2.24) is 0 Å². The second-order valence-electron chi connectivity index (χ2n) is 0.448. The fourth-order valence-corrected chi connectivity index (χ4v) is 0. The third-order valence-corrected chi connectivity index (χ3v) is 0. The minimum absolute atomic E-state index is 0. The van der Waals surface area contributed by atoms with Crippen LogP contribution in [0.15, 0.2) is 0 Å². The van der Waals surface area contributed by atoms with Crippen LogP contribution < -0.4 is 0 Å². The standard InChI is InChI=1S/Na.H2O4Se.10H2O.H/c;1-5(2,3)4;;;;;;;;;;;/h;(H2,1,2,3,4);10*1H2;. The molecule has 16 heteroatoms. The van der Waals surface area contributed by atoms with E-state index in [2.05, 4.69) is 0 Å². The van der Waals surface area contributed by atoms with Crippen LogP contribution in [0.1, 0.15) is 0 Å². The summed E-state index contributed by atoms with van der Waals surface area (Å²) in [7, 11) is 0. The average Bonchev–Trinajstić information content (AvgIpc) is 0.722.